The minimum atomic E-state index is -3.72. The number of rotatable bonds is 11. The molecule has 1 amide bonds. The largest absolute Gasteiger partial charge is 0.492 e. The molecule has 0 aliphatic carbocycles. The van der Waals surface area contributed by atoms with Gasteiger partial charge in [0.05, 0.1) is 23.4 Å². The van der Waals surface area contributed by atoms with Crippen LogP contribution < -0.4 is 14.4 Å². The minimum absolute atomic E-state index is 0.142. The summed E-state index contributed by atoms with van der Waals surface area (Å²) < 4.78 is 59.2. The molecule has 1 heterocycles. The number of ether oxygens (including phenoxy) is 1. The normalized spacial score (nSPS) is 15.7. The van der Waals surface area contributed by atoms with Gasteiger partial charge in [0.1, 0.15) is 18.4 Å². The van der Waals surface area contributed by atoms with Gasteiger partial charge in [0.15, 0.2) is 0 Å². The fourth-order valence-electron chi connectivity index (χ4n) is 4.56. The van der Waals surface area contributed by atoms with E-state index < -0.39 is 32.0 Å². The van der Waals surface area contributed by atoms with Crippen molar-refractivity contribution in [3.63, 3.8) is 0 Å². The lowest BCUT2D eigenvalue weighted by Gasteiger charge is -2.30. The number of hydrogen-bond acceptors (Lipinski definition) is 6. The average Bonchev–Trinajstić information content (AvgIpc) is 2.84. The summed E-state index contributed by atoms with van der Waals surface area (Å²) in [6, 6.07) is 10.8. The lowest BCUT2D eigenvalue weighted by Crippen LogP contribution is -2.50. The molecule has 1 fully saturated rings. The van der Waals surface area contributed by atoms with E-state index in [0.29, 0.717) is 30.9 Å². The van der Waals surface area contributed by atoms with Crippen molar-refractivity contribution < 1.29 is 26.4 Å². The maximum absolute atomic E-state index is 13.0. The van der Waals surface area contributed by atoms with E-state index in [1.54, 1.807) is 31.2 Å². The molecule has 0 aromatic heterocycles. The molecule has 11 heteroatoms. The van der Waals surface area contributed by atoms with E-state index in [2.05, 4.69) is 5.32 Å². The van der Waals surface area contributed by atoms with Gasteiger partial charge in [0, 0.05) is 13.1 Å². The van der Waals surface area contributed by atoms with Gasteiger partial charge in [0.2, 0.25) is 26.0 Å². The zero-order valence-electron chi connectivity index (χ0n) is 21.9. The number of aryl methyl sites for hydroxylation is 2. The predicted octanol–water partition coefficient (Wildman–Crippen LogP) is 3.22. The predicted molar refractivity (Wildman–Crippen MR) is 145 cm³/mol. The first-order valence-electron chi connectivity index (χ1n) is 12.5. The van der Waals surface area contributed by atoms with Crippen LogP contribution in [0.1, 0.15) is 43.7 Å². The summed E-state index contributed by atoms with van der Waals surface area (Å²) in [7, 11) is -7.23. The third-order valence-corrected chi connectivity index (χ3v) is 9.33. The minimum Gasteiger partial charge on any atom is -0.492 e. The molecule has 3 rings (SSSR count). The topological polar surface area (TPSA) is 113 Å². The Kier molecular flexibility index (Phi) is 9.60. The van der Waals surface area contributed by atoms with Crippen LogP contribution in [0.25, 0.3) is 0 Å². The van der Waals surface area contributed by atoms with Crippen LogP contribution >= 0.6 is 0 Å². The van der Waals surface area contributed by atoms with Gasteiger partial charge >= 0.3 is 0 Å². The molecule has 1 aliphatic rings. The number of hydrogen-bond donors (Lipinski definition) is 1. The van der Waals surface area contributed by atoms with Crippen LogP contribution in [0.4, 0.5) is 5.69 Å². The van der Waals surface area contributed by atoms with E-state index in [-0.39, 0.29) is 18.0 Å². The molecule has 0 saturated carbocycles. The van der Waals surface area contributed by atoms with E-state index in [4.69, 9.17) is 4.74 Å². The maximum Gasteiger partial charge on any atom is 0.244 e. The number of amides is 1. The monoisotopic (exact) mass is 551 g/mol. The molecular formula is C26H37N3O6S2. The summed E-state index contributed by atoms with van der Waals surface area (Å²) in [6.07, 6.45) is 4.18. The van der Waals surface area contributed by atoms with Crippen molar-refractivity contribution in [3.05, 3.63) is 53.6 Å². The van der Waals surface area contributed by atoms with E-state index in [0.717, 1.165) is 36.6 Å². The van der Waals surface area contributed by atoms with Gasteiger partial charge in [-0.05, 0) is 80.6 Å². The number of nitrogens with zero attached hydrogens (tertiary/aromatic N) is 2. The van der Waals surface area contributed by atoms with E-state index in [1.807, 2.05) is 19.9 Å². The Morgan fingerprint density at radius 1 is 1.00 bits per heavy atom. The molecule has 2 aromatic rings. The molecule has 0 bridgehead atoms. The second-order valence-corrected chi connectivity index (χ2v) is 13.2. The van der Waals surface area contributed by atoms with Gasteiger partial charge in [-0.2, -0.15) is 4.31 Å². The number of carbonyl (C=O) groups excluding carboxylic acids is 1. The number of benzene rings is 2. The fraction of sp³-hybridized carbons (Fsp3) is 0.500. The van der Waals surface area contributed by atoms with Gasteiger partial charge in [0.25, 0.3) is 0 Å². The Balaban J connectivity index is 1.59. The quantitative estimate of drug-likeness (QED) is 0.429. The third-order valence-electron chi connectivity index (χ3n) is 6.24. The van der Waals surface area contributed by atoms with Crippen LogP contribution in [0, 0.1) is 13.8 Å². The molecule has 2 aromatic carbocycles. The highest BCUT2D eigenvalue weighted by atomic mass is 32.2. The highest BCUT2D eigenvalue weighted by Gasteiger charge is 2.31. The SMILES string of the molecule is CCC(C(=O)NCCOc1ccc(S(=O)(=O)N2CCCCC2)cc1)N(c1cc(C)cc(C)c1)S(C)(=O)=O. The molecule has 1 unspecified atom stereocenters. The summed E-state index contributed by atoms with van der Waals surface area (Å²) >= 11 is 0. The second kappa shape index (κ2) is 12.3. The highest BCUT2D eigenvalue weighted by Crippen LogP contribution is 2.25. The first kappa shape index (κ1) is 28.9. The zero-order chi connectivity index (χ0) is 27.2. The first-order chi connectivity index (χ1) is 17.4. The summed E-state index contributed by atoms with van der Waals surface area (Å²) in [5, 5.41) is 2.76. The van der Waals surface area contributed by atoms with Crippen molar-refractivity contribution in [1.29, 1.82) is 0 Å². The number of anilines is 1. The van der Waals surface area contributed by atoms with Crippen LogP contribution in [0.2, 0.25) is 0 Å². The lowest BCUT2D eigenvalue weighted by molar-refractivity contribution is -0.122. The average molecular weight is 552 g/mol. The molecule has 1 atom stereocenters. The van der Waals surface area contributed by atoms with Gasteiger partial charge in [-0.1, -0.05) is 19.4 Å². The molecule has 204 valence electrons. The molecular weight excluding hydrogens is 514 g/mol. The van der Waals surface area contributed by atoms with Crippen LogP contribution in [-0.2, 0) is 24.8 Å². The number of sulfonamides is 2. The Bertz CT molecular complexity index is 1270. The molecule has 37 heavy (non-hydrogen) atoms. The van der Waals surface area contributed by atoms with Crippen molar-refractivity contribution >= 4 is 31.6 Å². The molecule has 1 N–H and O–H groups in total. The maximum atomic E-state index is 13.0. The Morgan fingerprint density at radius 2 is 1.59 bits per heavy atom. The van der Waals surface area contributed by atoms with Crippen LogP contribution in [0.3, 0.4) is 0 Å². The van der Waals surface area contributed by atoms with Gasteiger partial charge in [-0.3, -0.25) is 9.10 Å². The second-order valence-electron chi connectivity index (χ2n) is 9.40. The van der Waals surface area contributed by atoms with Crippen molar-refractivity contribution in [2.75, 3.05) is 36.8 Å². The van der Waals surface area contributed by atoms with Crippen LogP contribution in [0.15, 0.2) is 47.4 Å². The summed E-state index contributed by atoms with van der Waals surface area (Å²) in [5.41, 5.74) is 2.27. The Labute approximate surface area is 220 Å². The van der Waals surface area contributed by atoms with Crippen molar-refractivity contribution in [3.8, 4) is 5.75 Å². The van der Waals surface area contributed by atoms with Crippen LogP contribution in [0.5, 0.6) is 5.75 Å². The third kappa shape index (κ3) is 7.45. The Hall–Kier alpha value is -2.63. The number of carbonyl (C=O) groups is 1. The van der Waals surface area contributed by atoms with Crippen LogP contribution in [-0.4, -0.2) is 65.6 Å². The summed E-state index contributed by atoms with van der Waals surface area (Å²) in [6.45, 7) is 6.91. The fourth-order valence-corrected chi connectivity index (χ4v) is 7.27. The molecule has 1 aliphatic heterocycles. The highest BCUT2D eigenvalue weighted by molar-refractivity contribution is 7.92. The van der Waals surface area contributed by atoms with E-state index in [1.165, 1.54) is 20.7 Å². The van der Waals surface area contributed by atoms with Crippen molar-refractivity contribution in [2.24, 2.45) is 0 Å². The molecule has 0 radical (unpaired) electrons. The van der Waals surface area contributed by atoms with Gasteiger partial charge in [-0.25, -0.2) is 16.8 Å². The number of nitrogens with one attached hydrogen (secondary N) is 1. The van der Waals surface area contributed by atoms with Gasteiger partial charge < -0.3 is 10.1 Å². The van der Waals surface area contributed by atoms with E-state index in [9.17, 15) is 21.6 Å². The summed E-state index contributed by atoms with van der Waals surface area (Å²) in [4.78, 5) is 13.2. The number of piperidine rings is 1. The molecule has 9 nitrogen and oxygen atoms in total. The molecule has 0 spiro atoms. The summed E-state index contributed by atoms with van der Waals surface area (Å²) in [5.74, 6) is 0.0607. The smallest absolute Gasteiger partial charge is 0.244 e. The Morgan fingerprint density at radius 3 is 2.14 bits per heavy atom. The van der Waals surface area contributed by atoms with E-state index >= 15 is 0 Å². The zero-order valence-corrected chi connectivity index (χ0v) is 23.6. The van der Waals surface area contributed by atoms with Crippen molar-refractivity contribution in [2.45, 2.75) is 57.4 Å². The standard InChI is InChI=1S/C26H37N3O6S2/c1-5-25(29(36(4,31)32)22-18-20(2)17-21(3)19-22)26(30)27-13-16-35-23-9-11-24(12-10-23)37(33,34)28-14-7-6-8-15-28/h9-12,17-19,25H,5-8,13-16H2,1-4H3,(H,27,30). The first-order valence-corrected chi connectivity index (χ1v) is 15.8. The lowest BCUT2D eigenvalue weighted by atomic mass is 10.1. The molecule has 1 saturated heterocycles. The van der Waals surface area contributed by atoms with Gasteiger partial charge in [-0.15, -0.1) is 0 Å². The van der Waals surface area contributed by atoms with Crippen molar-refractivity contribution in [1.82, 2.24) is 9.62 Å².